The van der Waals surface area contributed by atoms with Crippen molar-refractivity contribution in [2.45, 2.75) is 19.1 Å². The highest BCUT2D eigenvalue weighted by Gasteiger charge is 2.33. The van der Waals surface area contributed by atoms with Crippen LogP contribution in [0.2, 0.25) is 5.02 Å². The van der Waals surface area contributed by atoms with Crippen LogP contribution in [0.1, 0.15) is 12.8 Å². The molecule has 0 amide bonds. The number of ether oxygens (including phenoxy) is 1. The summed E-state index contributed by atoms with van der Waals surface area (Å²) in [5.41, 5.74) is 0.714. The van der Waals surface area contributed by atoms with Crippen molar-refractivity contribution in [3.05, 3.63) is 33.6 Å². The van der Waals surface area contributed by atoms with Gasteiger partial charge in [-0.15, -0.1) is 0 Å². The highest BCUT2D eigenvalue weighted by molar-refractivity contribution is 9.10. The first-order valence-electron chi connectivity index (χ1n) is 6.18. The van der Waals surface area contributed by atoms with Crippen LogP contribution in [-0.2, 0) is 11.3 Å². The summed E-state index contributed by atoms with van der Waals surface area (Å²) in [4.78, 5) is 4.33. The lowest BCUT2D eigenvalue weighted by Crippen LogP contribution is -2.58. The molecule has 0 unspecified atom stereocenters. The van der Waals surface area contributed by atoms with Crippen LogP contribution in [0.4, 0.5) is 0 Å². The van der Waals surface area contributed by atoms with Crippen LogP contribution in [0, 0.1) is 0 Å². The van der Waals surface area contributed by atoms with E-state index in [1.165, 1.54) is 0 Å². The quantitative estimate of drug-likeness (QED) is 0.910. The summed E-state index contributed by atoms with van der Waals surface area (Å²) >= 11 is 9.33. The molecule has 0 bridgehead atoms. The summed E-state index contributed by atoms with van der Waals surface area (Å²) < 4.78 is 11.8. The number of hydrogen-bond donors (Lipinski definition) is 1. The van der Waals surface area contributed by atoms with E-state index >= 15 is 0 Å². The first kappa shape index (κ1) is 14.0. The topological polar surface area (TPSA) is 60.2 Å². The molecule has 0 aliphatic carbocycles. The van der Waals surface area contributed by atoms with Gasteiger partial charge in [-0.05, 0) is 41.1 Å². The fraction of sp³-hybridized carbons (Fsp3) is 0.385. The summed E-state index contributed by atoms with van der Waals surface area (Å²) in [6.45, 7) is 4.06. The molecule has 0 spiro atoms. The summed E-state index contributed by atoms with van der Waals surface area (Å²) in [7, 11) is 0. The Bertz CT molecular complexity index is 628. The molecule has 106 valence electrons. The molecule has 1 aliphatic heterocycles. The molecular formula is C13H13BrClN3O2. The van der Waals surface area contributed by atoms with Gasteiger partial charge in [-0.25, -0.2) is 0 Å². The largest absolute Gasteiger partial charge is 0.363 e. The minimum atomic E-state index is -0.127. The summed E-state index contributed by atoms with van der Waals surface area (Å²) in [6, 6.07) is 5.49. The Hall–Kier alpha value is -0.950. The maximum atomic E-state index is 5.96. The molecule has 0 atom stereocenters. The molecule has 2 aromatic rings. The summed E-state index contributed by atoms with van der Waals surface area (Å²) in [5.74, 6) is 0.997. The smallest absolute Gasteiger partial charge is 0.252 e. The van der Waals surface area contributed by atoms with Crippen molar-refractivity contribution < 1.29 is 9.26 Å². The summed E-state index contributed by atoms with van der Waals surface area (Å²) in [6.07, 6.45) is 0. The van der Waals surface area contributed by atoms with Crippen molar-refractivity contribution in [2.24, 2.45) is 0 Å². The van der Waals surface area contributed by atoms with Gasteiger partial charge in [-0.3, -0.25) is 0 Å². The number of hydrogen-bond acceptors (Lipinski definition) is 5. The summed E-state index contributed by atoms with van der Waals surface area (Å²) in [5, 5.41) is 7.77. The van der Waals surface area contributed by atoms with Gasteiger partial charge in [0.2, 0.25) is 5.82 Å². The number of nitrogens with zero attached hydrogens (tertiary/aromatic N) is 2. The van der Waals surface area contributed by atoms with Gasteiger partial charge in [0.05, 0.1) is 10.6 Å². The van der Waals surface area contributed by atoms with Gasteiger partial charge in [-0.1, -0.05) is 16.8 Å². The molecule has 2 heterocycles. The van der Waals surface area contributed by atoms with E-state index in [0.717, 1.165) is 23.1 Å². The Morgan fingerprint density at radius 3 is 2.95 bits per heavy atom. The fourth-order valence-electron chi connectivity index (χ4n) is 1.88. The van der Waals surface area contributed by atoms with Crippen molar-refractivity contribution in [2.75, 3.05) is 13.1 Å². The molecular weight excluding hydrogens is 346 g/mol. The molecule has 0 radical (unpaired) electrons. The first-order chi connectivity index (χ1) is 9.56. The highest BCUT2D eigenvalue weighted by Crippen LogP contribution is 2.27. The van der Waals surface area contributed by atoms with Crippen LogP contribution < -0.4 is 5.32 Å². The van der Waals surface area contributed by atoms with Crippen LogP contribution in [0.15, 0.2) is 27.2 Å². The van der Waals surface area contributed by atoms with E-state index in [9.17, 15) is 0 Å². The van der Waals surface area contributed by atoms with Gasteiger partial charge in [0, 0.05) is 23.1 Å². The van der Waals surface area contributed by atoms with Crippen LogP contribution in [0.5, 0.6) is 0 Å². The average Bonchev–Trinajstić information content (AvgIpc) is 2.86. The van der Waals surface area contributed by atoms with Crippen molar-refractivity contribution in [1.82, 2.24) is 15.5 Å². The van der Waals surface area contributed by atoms with E-state index in [1.807, 2.05) is 12.1 Å². The molecule has 1 saturated heterocycles. The second-order valence-electron chi connectivity index (χ2n) is 4.98. The monoisotopic (exact) mass is 357 g/mol. The third kappa shape index (κ3) is 2.88. The van der Waals surface area contributed by atoms with Crippen molar-refractivity contribution in [3.8, 4) is 11.4 Å². The van der Waals surface area contributed by atoms with E-state index in [-0.39, 0.29) is 5.60 Å². The zero-order valence-electron chi connectivity index (χ0n) is 10.8. The maximum absolute atomic E-state index is 5.96. The van der Waals surface area contributed by atoms with Crippen molar-refractivity contribution in [3.63, 3.8) is 0 Å². The van der Waals surface area contributed by atoms with Crippen molar-refractivity contribution in [1.29, 1.82) is 0 Å². The third-order valence-electron chi connectivity index (χ3n) is 3.19. The minimum Gasteiger partial charge on any atom is -0.363 e. The third-order valence-corrected chi connectivity index (χ3v) is 4.40. The van der Waals surface area contributed by atoms with E-state index in [0.29, 0.717) is 23.3 Å². The van der Waals surface area contributed by atoms with E-state index in [1.54, 1.807) is 6.07 Å². The zero-order valence-corrected chi connectivity index (χ0v) is 13.2. The lowest BCUT2D eigenvalue weighted by molar-refractivity contribution is -0.0841. The Balaban J connectivity index is 1.71. The molecule has 0 saturated carbocycles. The van der Waals surface area contributed by atoms with Crippen LogP contribution >= 0.6 is 27.5 Å². The zero-order chi connectivity index (χ0) is 14.2. The standard InChI is InChI=1S/C13H13BrClN3O2/c1-13(6-16-7-13)19-5-11-17-12(18-20-11)8-2-3-10(15)9(14)4-8/h2-4,16H,5-7H2,1H3. The van der Waals surface area contributed by atoms with Crippen molar-refractivity contribution >= 4 is 27.5 Å². The molecule has 3 rings (SSSR count). The van der Waals surface area contributed by atoms with Gasteiger partial charge >= 0.3 is 0 Å². The Kier molecular flexibility index (Phi) is 3.81. The second-order valence-corrected chi connectivity index (χ2v) is 6.24. The Labute approximate surface area is 129 Å². The van der Waals surface area contributed by atoms with Gasteiger partial charge < -0.3 is 14.6 Å². The predicted octanol–water partition coefficient (Wildman–Crippen LogP) is 3.03. The first-order valence-corrected chi connectivity index (χ1v) is 7.36. The van der Waals surface area contributed by atoms with Gasteiger partial charge in [0.25, 0.3) is 5.89 Å². The lowest BCUT2D eigenvalue weighted by Gasteiger charge is -2.38. The predicted molar refractivity (Wildman–Crippen MR) is 78.5 cm³/mol. The molecule has 1 aromatic heterocycles. The average molecular weight is 359 g/mol. The van der Waals surface area contributed by atoms with E-state index in [2.05, 4.69) is 38.3 Å². The number of aromatic nitrogens is 2. The second kappa shape index (κ2) is 5.44. The maximum Gasteiger partial charge on any atom is 0.252 e. The van der Waals surface area contributed by atoms with Gasteiger partial charge in [0.1, 0.15) is 6.61 Å². The molecule has 5 nitrogen and oxygen atoms in total. The fourth-order valence-corrected chi connectivity index (χ4v) is 2.38. The number of benzene rings is 1. The molecule has 1 aliphatic rings. The Morgan fingerprint density at radius 2 is 2.30 bits per heavy atom. The molecule has 1 N–H and O–H groups in total. The molecule has 1 aromatic carbocycles. The molecule has 1 fully saturated rings. The molecule has 7 heteroatoms. The van der Waals surface area contributed by atoms with Gasteiger partial charge in [-0.2, -0.15) is 4.98 Å². The van der Waals surface area contributed by atoms with E-state index in [4.69, 9.17) is 20.9 Å². The normalized spacial score (nSPS) is 16.9. The SMILES string of the molecule is CC1(OCc2nc(-c3ccc(Cl)c(Br)c3)no2)CNC1. The minimum absolute atomic E-state index is 0.127. The number of rotatable bonds is 4. The Morgan fingerprint density at radius 1 is 1.50 bits per heavy atom. The van der Waals surface area contributed by atoms with Crippen LogP contribution in [-0.4, -0.2) is 28.8 Å². The lowest BCUT2D eigenvalue weighted by atomic mass is 10.0. The number of halogens is 2. The number of nitrogens with one attached hydrogen (secondary N) is 1. The highest BCUT2D eigenvalue weighted by atomic mass is 79.9. The van der Waals surface area contributed by atoms with Crippen LogP contribution in [0.3, 0.4) is 0 Å². The van der Waals surface area contributed by atoms with E-state index < -0.39 is 0 Å². The molecule has 20 heavy (non-hydrogen) atoms. The van der Waals surface area contributed by atoms with Gasteiger partial charge in [0.15, 0.2) is 0 Å². The van der Waals surface area contributed by atoms with Crippen LogP contribution in [0.25, 0.3) is 11.4 Å².